The summed E-state index contributed by atoms with van der Waals surface area (Å²) in [6, 6.07) is 0. The van der Waals surface area contributed by atoms with Gasteiger partial charge in [0.15, 0.2) is 5.69 Å². The molecule has 0 bridgehead atoms. The van der Waals surface area contributed by atoms with E-state index in [1.165, 1.54) is 0 Å². The third-order valence-corrected chi connectivity index (χ3v) is 3.84. The highest BCUT2D eigenvalue weighted by molar-refractivity contribution is 6.05. The number of aromatic amines is 1. The molecule has 0 aliphatic carbocycles. The molecule has 110 valence electrons. The number of rotatable bonds is 2. The van der Waals surface area contributed by atoms with E-state index in [0.29, 0.717) is 24.6 Å². The van der Waals surface area contributed by atoms with E-state index in [4.69, 9.17) is 4.74 Å². The number of carbonyl (C=O) groups excluding carboxylic acids is 1. The van der Waals surface area contributed by atoms with Crippen LogP contribution in [0.25, 0.3) is 0 Å². The number of fused-ring (bicyclic) bond motifs is 2. The van der Waals surface area contributed by atoms with Gasteiger partial charge in [0.25, 0.3) is 5.91 Å². The zero-order valence-electron chi connectivity index (χ0n) is 11.5. The lowest BCUT2D eigenvalue weighted by molar-refractivity contribution is 0.0985. The van der Waals surface area contributed by atoms with Crippen molar-refractivity contribution in [3.05, 3.63) is 23.1 Å². The minimum atomic E-state index is -0.235. The fourth-order valence-corrected chi connectivity index (χ4v) is 2.75. The first-order valence-corrected chi connectivity index (χ1v) is 7.08. The fraction of sp³-hybridized carbons (Fsp3) is 0.462. The number of amides is 1. The molecule has 0 radical (unpaired) electrons. The van der Waals surface area contributed by atoms with Crippen LogP contribution in [0.15, 0.2) is 6.20 Å². The summed E-state index contributed by atoms with van der Waals surface area (Å²) in [6.07, 6.45) is 3.47. The molecule has 3 N–H and O–H groups in total. The Bertz CT molecular complexity index is 689. The maximum absolute atomic E-state index is 12.4. The Kier molecular flexibility index (Phi) is 2.88. The minimum Gasteiger partial charge on any atom is -0.376 e. The molecule has 1 amide bonds. The molecule has 0 spiro atoms. The van der Waals surface area contributed by atoms with Crippen molar-refractivity contribution >= 4 is 17.4 Å². The molecular weight excluding hydrogens is 272 g/mol. The van der Waals surface area contributed by atoms with E-state index < -0.39 is 0 Å². The lowest BCUT2D eigenvalue weighted by Gasteiger charge is -2.17. The number of H-pyrrole nitrogens is 1. The molecule has 0 saturated carbocycles. The molecule has 0 unspecified atom stereocenters. The van der Waals surface area contributed by atoms with Crippen molar-refractivity contribution in [1.82, 2.24) is 20.0 Å². The molecule has 21 heavy (non-hydrogen) atoms. The van der Waals surface area contributed by atoms with E-state index in [-0.39, 0.29) is 5.91 Å². The second-order valence-corrected chi connectivity index (χ2v) is 5.20. The van der Waals surface area contributed by atoms with Crippen molar-refractivity contribution < 1.29 is 9.53 Å². The normalized spacial score (nSPS) is 16.8. The lowest BCUT2D eigenvalue weighted by atomic mass is 10.1. The molecule has 0 aromatic carbocycles. The zero-order valence-corrected chi connectivity index (χ0v) is 11.5. The summed E-state index contributed by atoms with van der Waals surface area (Å²) in [4.78, 5) is 12.4. The Hall–Kier alpha value is -2.35. The van der Waals surface area contributed by atoms with E-state index >= 15 is 0 Å². The second-order valence-electron chi connectivity index (χ2n) is 5.20. The monoisotopic (exact) mass is 288 g/mol. The van der Waals surface area contributed by atoms with Crippen molar-refractivity contribution in [3.63, 3.8) is 0 Å². The first-order valence-electron chi connectivity index (χ1n) is 7.08. The summed E-state index contributed by atoms with van der Waals surface area (Å²) in [5, 5.41) is 17.4. The number of nitrogens with zero attached hydrogens (tertiary/aromatic N) is 3. The zero-order chi connectivity index (χ0) is 14.2. The van der Waals surface area contributed by atoms with Crippen LogP contribution in [0, 0.1) is 0 Å². The van der Waals surface area contributed by atoms with Gasteiger partial charge in [-0.25, -0.2) is 4.68 Å². The van der Waals surface area contributed by atoms with Crippen LogP contribution in [0.5, 0.6) is 0 Å². The standard InChI is InChI=1S/C13H16N6O2/c20-13(11-8-7-21-5-2-9(8)17-18-11)16-10-6-15-19-4-1-3-14-12(10)19/h6,14H,1-5,7H2,(H,16,20)(H,17,18). The third kappa shape index (κ3) is 2.07. The average Bonchev–Trinajstić information content (AvgIpc) is 3.12. The van der Waals surface area contributed by atoms with Gasteiger partial charge in [-0.2, -0.15) is 10.2 Å². The number of aromatic nitrogens is 4. The maximum Gasteiger partial charge on any atom is 0.276 e. The number of aryl methyl sites for hydroxylation is 1. The van der Waals surface area contributed by atoms with Crippen molar-refractivity contribution in [1.29, 1.82) is 0 Å². The molecule has 0 fully saturated rings. The van der Waals surface area contributed by atoms with Crippen LogP contribution in [0.2, 0.25) is 0 Å². The van der Waals surface area contributed by atoms with Crippen LogP contribution in [0.4, 0.5) is 11.5 Å². The first kappa shape index (κ1) is 12.4. The molecular formula is C13H16N6O2. The predicted molar refractivity (Wildman–Crippen MR) is 75.2 cm³/mol. The van der Waals surface area contributed by atoms with Crippen LogP contribution in [-0.2, 0) is 24.3 Å². The highest BCUT2D eigenvalue weighted by Crippen LogP contribution is 2.25. The van der Waals surface area contributed by atoms with Crippen LogP contribution >= 0.6 is 0 Å². The summed E-state index contributed by atoms with van der Waals surface area (Å²) in [7, 11) is 0. The number of anilines is 2. The number of hydrogen-bond donors (Lipinski definition) is 3. The van der Waals surface area contributed by atoms with E-state index in [0.717, 1.165) is 43.0 Å². The third-order valence-electron chi connectivity index (χ3n) is 3.84. The Balaban J connectivity index is 1.59. The second kappa shape index (κ2) is 4.88. The topological polar surface area (TPSA) is 96.9 Å². The molecule has 2 aliphatic rings. The van der Waals surface area contributed by atoms with Crippen LogP contribution in [0.1, 0.15) is 28.2 Å². The Morgan fingerprint density at radius 2 is 2.43 bits per heavy atom. The van der Waals surface area contributed by atoms with Gasteiger partial charge in [0, 0.05) is 30.8 Å². The molecule has 4 heterocycles. The molecule has 4 rings (SSSR count). The average molecular weight is 288 g/mol. The van der Waals surface area contributed by atoms with Gasteiger partial charge < -0.3 is 15.4 Å². The summed E-state index contributed by atoms with van der Waals surface area (Å²) >= 11 is 0. The lowest BCUT2D eigenvalue weighted by Crippen LogP contribution is -2.20. The number of carbonyl (C=O) groups is 1. The Labute approximate surface area is 120 Å². The number of ether oxygens (including phenoxy) is 1. The summed E-state index contributed by atoms with van der Waals surface area (Å²) in [5.41, 5.74) is 2.93. The van der Waals surface area contributed by atoms with Crippen molar-refractivity contribution in [3.8, 4) is 0 Å². The molecule has 2 aliphatic heterocycles. The smallest absolute Gasteiger partial charge is 0.276 e. The van der Waals surface area contributed by atoms with Gasteiger partial charge in [-0.15, -0.1) is 0 Å². The van der Waals surface area contributed by atoms with Gasteiger partial charge in [0.2, 0.25) is 0 Å². The first-order chi connectivity index (χ1) is 10.3. The van der Waals surface area contributed by atoms with Crippen LogP contribution < -0.4 is 10.6 Å². The van der Waals surface area contributed by atoms with E-state index in [2.05, 4.69) is 25.9 Å². The largest absolute Gasteiger partial charge is 0.376 e. The summed E-state index contributed by atoms with van der Waals surface area (Å²) < 4.78 is 7.27. The number of hydrogen-bond acceptors (Lipinski definition) is 5. The van der Waals surface area contributed by atoms with Crippen LogP contribution in [-0.4, -0.2) is 39.0 Å². The van der Waals surface area contributed by atoms with Crippen molar-refractivity contribution in [2.24, 2.45) is 0 Å². The summed E-state index contributed by atoms with van der Waals surface area (Å²) in [5.74, 6) is 0.622. The SMILES string of the molecule is O=C(Nc1cnn2c1NCCC2)c1n[nH]c2c1COCC2. The van der Waals surface area contributed by atoms with Crippen LogP contribution in [0.3, 0.4) is 0 Å². The molecule has 8 nitrogen and oxygen atoms in total. The van der Waals surface area contributed by atoms with E-state index in [1.54, 1.807) is 6.20 Å². The highest BCUT2D eigenvalue weighted by Gasteiger charge is 2.24. The van der Waals surface area contributed by atoms with Gasteiger partial charge in [0.05, 0.1) is 19.4 Å². The van der Waals surface area contributed by atoms with Crippen molar-refractivity contribution in [2.45, 2.75) is 26.0 Å². The summed E-state index contributed by atoms with van der Waals surface area (Å²) in [6.45, 7) is 2.85. The van der Waals surface area contributed by atoms with E-state index in [9.17, 15) is 4.79 Å². The number of nitrogens with one attached hydrogen (secondary N) is 3. The van der Waals surface area contributed by atoms with Gasteiger partial charge in [-0.05, 0) is 6.42 Å². The highest BCUT2D eigenvalue weighted by atomic mass is 16.5. The Morgan fingerprint density at radius 3 is 3.38 bits per heavy atom. The predicted octanol–water partition coefficient (Wildman–Crippen LogP) is 0.747. The van der Waals surface area contributed by atoms with Gasteiger partial charge >= 0.3 is 0 Å². The molecule has 2 aromatic rings. The van der Waals surface area contributed by atoms with Crippen molar-refractivity contribution in [2.75, 3.05) is 23.8 Å². The van der Waals surface area contributed by atoms with E-state index in [1.807, 2.05) is 4.68 Å². The maximum atomic E-state index is 12.4. The quantitative estimate of drug-likeness (QED) is 0.757. The van der Waals surface area contributed by atoms with Gasteiger partial charge in [-0.1, -0.05) is 0 Å². The Morgan fingerprint density at radius 1 is 1.48 bits per heavy atom. The molecule has 8 heteroatoms. The molecule has 2 aromatic heterocycles. The minimum absolute atomic E-state index is 0.235. The van der Waals surface area contributed by atoms with Gasteiger partial charge in [-0.3, -0.25) is 9.89 Å². The van der Waals surface area contributed by atoms with Gasteiger partial charge in [0.1, 0.15) is 11.5 Å². The molecule has 0 atom stereocenters. The fourth-order valence-electron chi connectivity index (χ4n) is 2.75. The molecule has 0 saturated heterocycles.